The van der Waals surface area contributed by atoms with Crippen molar-refractivity contribution < 1.29 is 9.18 Å². The lowest BCUT2D eigenvalue weighted by atomic mass is 10.2. The number of halogens is 2. The van der Waals surface area contributed by atoms with Crippen molar-refractivity contribution in [2.24, 2.45) is 0 Å². The number of hydrogen-bond acceptors (Lipinski definition) is 4. The first-order valence-electron chi connectivity index (χ1n) is 9.74. The van der Waals surface area contributed by atoms with Crippen LogP contribution in [0.1, 0.15) is 15.2 Å². The summed E-state index contributed by atoms with van der Waals surface area (Å²) in [6.07, 6.45) is 0. The lowest BCUT2D eigenvalue weighted by molar-refractivity contribution is 0.0938. The normalized spacial score (nSPS) is 15.7. The van der Waals surface area contributed by atoms with Gasteiger partial charge >= 0.3 is 0 Å². The molecule has 1 aliphatic heterocycles. The average Bonchev–Trinajstić information content (AvgIpc) is 3.06. The molecular weight excluding hydrogens is 409 g/mol. The SMILES string of the molecule is O=C(NCCN1CCN(Cc2ccccc2)CC1)c1sc2cc(F)ccc2c1Cl. The second-order valence-electron chi connectivity index (χ2n) is 7.24. The Kier molecular flexibility index (Phi) is 6.45. The van der Waals surface area contributed by atoms with Crippen LogP contribution in [-0.2, 0) is 6.54 Å². The second kappa shape index (κ2) is 9.22. The number of nitrogens with one attached hydrogen (secondary N) is 1. The van der Waals surface area contributed by atoms with Crippen LogP contribution in [0.5, 0.6) is 0 Å². The summed E-state index contributed by atoms with van der Waals surface area (Å²) in [5.41, 5.74) is 1.34. The topological polar surface area (TPSA) is 35.6 Å². The largest absolute Gasteiger partial charge is 0.350 e. The van der Waals surface area contributed by atoms with Crippen LogP contribution in [0.25, 0.3) is 10.1 Å². The molecule has 3 aromatic rings. The molecule has 29 heavy (non-hydrogen) atoms. The maximum Gasteiger partial charge on any atom is 0.262 e. The van der Waals surface area contributed by atoms with Crippen LogP contribution < -0.4 is 5.32 Å². The number of carbonyl (C=O) groups excluding carboxylic acids is 1. The fourth-order valence-corrected chi connectivity index (χ4v) is 5.06. The van der Waals surface area contributed by atoms with Gasteiger partial charge in [-0.3, -0.25) is 14.6 Å². The third kappa shape index (κ3) is 4.95. The van der Waals surface area contributed by atoms with Crippen molar-refractivity contribution in [3.05, 3.63) is 69.8 Å². The standard InChI is InChI=1S/C22H23ClFN3OS/c23-20-18-7-6-17(24)14-19(18)29-21(20)22(28)25-8-9-26-10-12-27(13-11-26)15-16-4-2-1-3-5-16/h1-7,14H,8-13,15H2,(H,25,28). The first-order chi connectivity index (χ1) is 14.1. The van der Waals surface area contributed by atoms with Crippen LogP contribution in [-0.4, -0.2) is 55.0 Å². The molecule has 2 heterocycles. The number of benzene rings is 2. The van der Waals surface area contributed by atoms with Crippen LogP contribution in [0.3, 0.4) is 0 Å². The van der Waals surface area contributed by atoms with Crippen molar-refractivity contribution in [1.82, 2.24) is 15.1 Å². The molecule has 1 aliphatic rings. The van der Waals surface area contributed by atoms with E-state index in [4.69, 9.17) is 11.6 Å². The predicted molar refractivity (Wildman–Crippen MR) is 117 cm³/mol. The van der Waals surface area contributed by atoms with E-state index in [1.165, 1.54) is 29.0 Å². The highest BCUT2D eigenvalue weighted by molar-refractivity contribution is 7.21. The Bertz CT molecular complexity index is 986. The molecule has 1 fully saturated rings. The Morgan fingerprint density at radius 2 is 1.79 bits per heavy atom. The van der Waals surface area contributed by atoms with Crippen molar-refractivity contribution in [3.8, 4) is 0 Å². The minimum Gasteiger partial charge on any atom is -0.350 e. The first-order valence-corrected chi connectivity index (χ1v) is 10.9. The number of carbonyl (C=O) groups is 1. The molecule has 0 radical (unpaired) electrons. The van der Waals surface area contributed by atoms with Gasteiger partial charge in [-0.2, -0.15) is 0 Å². The fraction of sp³-hybridized carbons (Fsp3) is 0.318. The Labute approximate surface area is 178 Å². The van der Waals surface area contributed by atoms with Crippen molar-refractivity contribution in [2.75, 3.05) is 39.3 Å². The van der Waals surface area contributed by atoms with E-state index in [1.54, 1.807) is 6.07 Å². The lowest BCUT2D eigenvalue weighted by Crippen LogP contribution is -2.48. The predicted octanol–water partition coefficient (Wildman–Crippen LogP) is 4.24. The molecule has 152 valence electrons. The number of thiophene rings is 1. The zero-order valence-corrected chi connectivity index (χ0v) is 17.6. The van der Waals surface area contributed by atoms with Crippen molar-refractivity contribution in [3.63, 3.8) is 0 Å². The molecular formula is C22H23ClFN3OS. The second-order valence-corrected chi connectivity index (χ2v) is 8.68. The van der Waals surface area contributed by atoms with Crippen molar-refractivity contribution >= 4 is 38.9 Å². The summed E-state index contributed by atoms with van der Waals surface area (Å²) in [7, 11) is 0. The zero-order chi connectivity index (χ0) is 20.2. The number of hydrogen-bond donors (Lipinski definition) is 1. The van der Waals surface area contributed by atoms with Gasteiger partial charge in [-0.1, -0.05) is 41.9 Å². The lowest BCUT2D eigenvalue weighted by Gasteiger charge is -2.34. The summed E-state index contributed by atoms with van der Waals surface area (Å²) in [5, 5.41) is 4.07. The Morgan fingerprint density at radius 1 is 1.07 bits per heavy atom. The van der Waals surface area contributed by atoms with E-state index in [0.29, 0.717) is 21.1 Å². The molecule has 4 nitrogen and oxygen atoms in total. The van der Waals surface area contributed by atoms with E-state index in [1.807, 2.05) is 6.07 Å². The van der Waals surface area contributed by atoms with Crippen LogP contribution in [0.15, 0.2) is 48.5 Å². The molecule has 7 heteroatoms. The van der Waals surface area contributed by atoms with E-state index >= 15 is 0 Å². The van der Waals surface area contributed by atoms with Crippen LogP contribution in [0.2, 0.25) is 5.02 Å². The molecule has 0 aliphatic carbocycles. The van der Waals surface area contributed by atoms with E-state index in [0.717, 1.165) is 44.7 Å². The molecule has 2 aromatic carbocycles. The summed E-state index contributed by atoms with van der Waals surface area (Å²) in [6, 6.07) is 14.9. The molecule has 1 amide bonds. The molecule has 0 unspecified atom stereocenters. The highest BCUT2D eigenvalue weighted by atomic mass is 35.5. The van der Waals surface area contributed by atoms with E-state index < -0.39 is 0 Å². The number of nitrogens with zero attached hydrogens (tertiary/aromatic N) is 2. The van der Waals surface area contributed by atoms with Gasteiger partial charge in [0.25, 0.3) is 5.91 Å². The highest BCUT2D eigenvalue weighted by Gasteiger charge is 2.19. The molecule has 0 spiro atoms. The smallest absolute Gasteiger partial charge is 0.262 e. The molecule has 1 saturated heterocycles. The number of piperazine rings is 1. The van der Waals surface area contributed by atoms with Gasteiger partial charge in [-0.15, -0.1) is 11.3 Å². The van der Waals surface area contributed by atoms with Crippen LogP contribution in [0.4, 0.5) is 4.39 Å². The Hall–Kier alpha value is -1.99. The molecule has 0 atom stereocenters. The number of amides is 1. The Morgan fingerprint density at radius 3 is 2.55 bits per heavy atom. The average molecular weight is 432 g/mol. The quantitative estimate of drug-likeness (QED) is 0.634. The van der Waals surface area contributed by atoms with Crippen LogP contribution >= 0.6 is 22.9 Å². The third-order valence-electron chi connectivity index (χ3n) is 5.23. The van der Waals surface area contributed by atoms with Gasteiger partial charge in [0.2, 0.25) is 0 Å². The first kappa shape index (κ1) is 20.3. The van der Waals surface area contributed by atoms with Gasteiger partial charge in [0.05, 0.1) is 5.02 Å². The summed E-state index contributed by atoms with van der Waals surface area (Å²) in [6.45, 7) is 6.39. The number of fused-ring (bicyclic) bond motifs is 1. The van der Waals surface area contributed by atoms with Gasteiger partial charge in [-0.25, -0.2) is 4.39 Å². The fourth-order valence-electron chi connectivity index (χ4n) is 3.61. The Balaban J connectivity index is 1.24. The number of rotatable bonds is 6. The molecule has 1 aromatic heterocycles. The van der Waals surface area contributed by atoms with Crippen molar-refractivity contribution in [1.29, 1.82) is 0 Å². The van der Waals surface area contributed by atoms with Crippen molar-refractivity contribution in [2.45, 2.75) is 6.54 Å². The summed E-state index contributed by atoms with van der Waals surface area (Å²) in [4.78, 5) is 17.8. The molecule has 1 N–H and O–H groups in total. The van der Waals surface area contributed by atoms with Gasteiger partial charge in [0.15, 0.2) is 0 Å². The molecule has 0 bridgehead atoms. The maximum atomic E-state index is 13.4. The monoisotopic (exact) mass is 431 g/mol. The van der Waals surface area contributed by atoms with E-state index in [-0.39, 0.29) is 11.7 Å². The van der Waals surface area contributed by atoms with E-state index in [2.05, 4.69) is 39.4 Å². The van der Waals surface area contributed by atoms with Crippen LogP contribution in [0, 0.1) is 5.82 Å². The van der Waals surface area contributed by atoms with E-state index in [9.17, 15) is 9.18 Å². The van der Waals surface area contributed by atoms with Gasteiger partial charge in [-0.05, 0) is 23.8 Å². The minimum absolute atomic E-state index is 0.195. The minimum atomic E-state index is -0.325. The third-order valence-corrected chi connectivity index (χ3v) is 6.88. The summed E-state index contributed by atoms with van der Waals surface area (Å²) >= 11 is 7.55. The van der Waals surface area contributed by atoms with Gasteiger partial charge < -0.3 is 5.32 Å². The maximum absolute atomic E-state index is 13.4. The van der Waals surface area contributed by atoms with Gasteiger partial charge in [0.1, 0.15) is 10.7 Å². The van der Waals surface area contributed by atoms with Gasteiger partial charge in [0, 0.05) is 55.9 Å². The summed E-state index contributed by atoms with van der Waals surface area (Å²) in [5.74, 6) is -0.520. The molecule has 0 saturated carbocycles. The molecule has 4 rings (SSSR count). The zero-order valence-electron chi connectivity index (χ0n) is 16.0. The summed E-state index contributed by atoms with van der Waals surface area (Å²) < 4.78 is 14.1. The highest BCUT2D eigenvalue weighted by Crippen LogP contribution is 2.35.